The molecule has 0 spiro atoms. The maximum Gasteiger partial charge on any atom is 0.267 e. The van der Waals surface area contributed by atoms with E-state index in [4.69, 9.17) is 9.72 Å². The molecule has 36 heavy (non-hydrogen) atoms. The standard InChI is InChI=1S/C28H29N3O3S2/c1-16(2)22-14-21-23(15-34-22)36-26-24(21)27(33)31(20-12-8-9-17(3)13-20)28(30-26)35-18(4)25(32)29-19-10-6-5-7-11-19/h5-13,16,18,22H,14-15H2,1-4H3,(H,29,32). The summed E-state index contributed by atoms with van der Waals surface area (Å²) < 4.78 is 7.73. The maximum atomic E-state index is 14.1. The molecular weight excluding hydrogens is 490 g/mol. The molecule has 3 heterocycles. The number of nitrogens with one attached hydrogen (secondary N) is 1. The van der Waals surface area contributed by atoms with Crippen molar-refractivity contribution in [2.75, 3.05) is 5.32 Å². The fraction of sp³-hybridized carbons (Fsp3) is 0.321. The second-order valence-corrected chi connectivity index (χ2v) is 11.9. The van der Waals surface area contributed by atoms with Crippen LogP contribution in [0, 0.1) is 12.8 Å². The van der Waals surface area contributed by atoms with E-state index in [9.17, 15) is 9.59 Å². The van der Waals surface area contributed by atoms with E-state index in [1.165, 1.54) is 23.1 Å². The van der Waals surface area contributed by atoms with Crippen LogP contribution in [0.15, 0.2) is 64.5 Å². The van der Waals surface area contributed by atoms with Gasteiger partial charge >= 0.3 is 0 Å². The van der Waals surface area contributed by atoms with Gasteiger partial charge in [0.2, 0.25) is 5.91 Å². The van der Waals surface area contributed by atoms with Crippen molar-refractivity contribution >= 4 is 44.9 Å². The second-order valence-electron chi connectivity index (χ2n) is 9.47. The van der Waals surface area contributed by atoms with E-state index in [1.54, 1.807) is 4.57 Å². The average molecular weight is 520 g/mol. The summed E-state index contributed by atoms with van der Waals surface area (Å²) in [5, 5.41) is 3.67. The largest absolute Gasteiger partial charge is 0.372 e. The summed E-state index contributed by atoms with van der Waals surface area (Å²) in [5.74, 6) is 0.217. The predicted molar refractivity (Wildman–Crippen MR) is 147 cm³/mol. The summed E-state index contributed by atoms with van der Waals surface area (Å²) in [5.41, 5.74) is 3.50. The summed E-state index contributed by atoms with van der Waals surface area (Å²) in [4.78, 5) is 33.8. The van der Waals surface area contributed by atoms with Crippen molar-refractivity contribution in [3.8, 4) is 5.69 Å². The summed E-state index contributed by atoms with van der Waals surface area (Å²) >= 11 is 2.82. The zero-order chi connectivity index (χ0) is 25.4. The maximum absolute atomic E-state index is 14.1. The second kappa shape index (κ2) is 10.2. The van der Waals surface area contributed by atoms with Crippen LogP contribution < -0.4 is 10.9 Å². The van der Waals surface area contributed by atoms with Crippen molar-refractivity contribution in [3.05, 3.63) is 81.0 Å². The monoisotopic (exact) mass is 519 g/mol. The van der Waals surface area contributed by atoms with Gasteiger partial charge in [-0.3, -0.25) is 14.2 Å². The average Bonchev–Trinajstić information content (AvgIpc) is 3.22. The molecule has 2 aromatic carbocycles. The van der Waals surface area contributed by atoms with E-state index in [0.29, 0.717) is 34.3 Å². The highest BCUT2D eigenvalue weighted by Gasteiger charge is 2.29. The number of anilines is 1. The minimum absolute atomic E-state index is 0.0814. The Bertz CT molecular complexity index is 1480. The van der Waals surface area contributed by atoms with Gasteiger partial charge < -0.3 is 10.1 Å². The highest BCUT2D eigenvalue weighted by Crippen LogP contribution is 2.37. The van der Waals surface area contributed by atoms with Gasteiger partial charge in [0.05, 0.1) is 29.0 Å². The number of thioether (sulfide) groups is 1. The number of benzene rings is 2. The number of hydrogen-bond donors (Lipinski definition) is 1. The third-order valence-electron chi connectivity index (χ3n) is 6.41. The van der Waals surface area contributed by atoms with Crippen LogP contribution in [0.4, 0.5) is 5.69 Å². The number of nitrogens with zero attached hydrogens (tertiary/aromatic N) is 2. The zero-order valence-electron chi connectivity index (χ0n) is 20.8. The van der Waals surface area contributed by atoms with Crippen molar-refractivity contribution < 1.29 is 9.53 Å². The minimum atomic E-state index is -0.464. The highest BCUT2D eigenvalue weighted by atomic mass is 32.2. The number of carbonyl (C=O) groups is 1. The molecule has 5 rings (SSSR count). The molecule has 1 aliphatic heterocycles. The first-order chi connectivity index (χ1) is 17.3. The van der Waals surface area contributed by atoms with Crippen molar-refractivity contribution in [3.63, 3.8) is 0 Å². The number of aromatic nitrogens is 2. The molecule has 0 aliphatic carbocycles. The Balaban J connectivity index is 1.59. The molecule has 8 heteroatoms. The molecule has 2 aromatic heterocycles. The fourth-order valence-electron chi connectivity index (χ4n) is 4.39. The van der Waals surface area contributed by atoms with Gasteiger partial charge in [0.25, 0.3) is 5.56 Å². The highest BCUT2D eigenvalue weighted by molar-refractivity contribution is 8.00. The van der Waals surface area contributed by atoms with Crippen molar-refractivity contribution in [1.29, 1.82) is 0 Å². The summed E-state index contributed by atoms with van der Waals surface area (Å²) in [6.07, 6.45) is 0.790. The third-order valence-corrected chi connectivity index (χ3v) is 8.56. The molecule has 0 bridgehead atoms. The van der Waals surface area contributed by atoms with Gasteiger partial charge in [-0.15, -0.1) is 11.3 Å². The fourth-order valence-corrected chi connectivity index (χ4v) is 6.48. The lowest BCUT2D eigenvalue weighted by Gasteiger charge is -2.26. The van der Waals surface area contributed by atoms with E-state index in [0.717, 1.165) is 27.4 Å². The molecule has 1 amide bonds. The van der Waals surface area contributed by atoms with Crippen LogP contribution in [0.1, 0.15) is 36.8 Å². The number of thiophene rings is 1. The van der Waals surface area contributed by atoms with Gasteiger partial charge in [-0.25, -0.2) is 4.98 Å². The molecule has 0 radical (unpaired) electrons. The number of hydrogen-bond acceptors (Lipinski definition) is 6. The topological polar surface area (TPSA) is 73.2 Å². The Labute approximate surface area is 218 Å². The van der Waals surface area contributed by atoms with Crippen LogP contribution in [0.5, 0.6) is 0 Å². The first-order valence-corrected chi connectivity index (χ1v) is 13.8. The first kappa shape index (κ1) is 24.7. The number of amides is 1. The first-order valence-electron chi connectivity index (χ1n) is 12.1. The summed E-state index contributed by atoms with van der Waals surface area (Å²) in [6, 6.07) is 17.2. The van der Waals surface area contributed by atoms with Crippen LogP contribution in [0.2, 0.25) is 0 Å². The molecular formula is C28H29N3O3S2. The number of ether oxygens (including phenoxy) is 1. The van der Waals surface area contributed by atoms with Crippen molar-refractivity contribution in [1.82, 2.24) is 9.55 Å². The van der Waals surface area contributed by atoms with Crippen molar-refractivity contribution in [2.45, 2.75) is 57.2 Å². The molecule has 0 fully saturated rings. The molecule has 2 unspecified atom stereocenters. The number of fused-ring (bicyclic) bond motifs is 3. The normalized spacial score (nSPS) is 16.2. The predicted octanol–water partition coefficient (Wildman–Crippen LogP) is 5.97. The molecule has 1 N–H and O–H groups in total. The lowest BCUT2D eigenvalue weighted by atomic mass is 9.96. The Hall–Kier alpha value is -2.94. The molecule has 0 saturated carbocycles. The SMILES string of the molecule is Cc1cccc(-n2c(SC(C)C(=O)Nc3ccccc3)nc3sc4c(c3c2=O)CC(C(C)C)OC4)c1. The van der Waals surface area contributed by atoms with Crippen LogP contribution >= 0.6 is 23.1 Å². The molecule has 1 aliphatic rings. The third kappa shape index (κ3) is 4.85. The number of rotatable bonds is 6. The molecule has 6 nitrogen and oxygen atoms in total. The molecule has 2 atom stereocenters. The quantitative estimate of drug-likeness (QED) is 0.251. The van der Waals surface area contributed by atoms with Crippen LogP contribution in [0.25, 0.3) is 15.9 Å². The van der Waals surface area contributed by atoms with E-state index in [1.807, 2.05) is 68.4 Å². The van der Waals surface area contributed by atoms with Crippen molar-refractivity contribution in [2.24, 2.45) is 5.92 Å². The number of carbonyl (C=O) groups excluding carboxylic acids is 1. The minimum Gasteiger partial charge on any atom is -0.372 e. The smallest absolute Gasteiger partial charge is 0.267 e. The van der Waals surface area contributed by atoms with E-state index in [2.05, 4.69) is 19.2 Å². The lowest BCUT2D eigenvalue weighted by Crippen LogP contribution is -2.29. The number of para-hydroxylation sites is 1. The Morgan fingerprint density at radius 1 is 1.17 bits per heavy atom. The molecule has 0 saturated heterocycles. The zero-order valence-corrected chi connectivity index (χ0v) is 22.4. The van der Waals surface area contributed by atoms with Gasteiger partial charge in [0.1, 0.15) is 4.83 Å². The van der Waals surface area contributed by atoms with Crippen LogP contribution in [-0.4, -0.2) is 26.8 Å². The van der Waals surface area contributed by atoms with Crippen LogP contribution in [0.3, 0.4) is 0 Å². The van der Waals surface area contributed by atoms with E-state index < -0.39 is 5.25 Å². The molecule has 4 aromatic rings. The Kier molecular flexibility index (Phi) is 7.01. The summed E-state index contributed by atoms with van der Waals surface area (Å²) in [6.45, 7) is 8.62. The van der Waals surface area contributed by atoms with Crippen LogP contribution in [-0.2, 0) is 22.6 Å². The van der Waals surface area contributed by atoms with Gasteiger partial charge in [-0.2, -0.15) is 0 Å². The van der Waals surface area contributed by atoms with E-state index >= 15 is 0 Å². The Morgan fingerprint density at radius 3 is 2.67 bits per heavy atom. The van der Waals surface area contributed by atoms with Gasteiger partial charge in [0, 0.05) is 17.0 Å². The van der Waals surface area contributed by atoms with Gasteiger partial charge in [-0.1, -0.05) is 55.9 Å². The van der Waals surface area contributed by atoms with E-state index in [-0.39, 0.29) is 17.6 Å². The molecule has 186 valence electrons. The van der Waals surface area contributed by atoms with Gasteiger partial charge in [-0.05, 0) is 55.2 Å². The summed E-state index contributed by atoms with van der Waals surface area (Å²) in [7, 11) is 0. The van der Waals surface area contributed by atoms with Gasteiger partial charge in [0.15, 0.2) is 5.16 Å². The lowest BCUT2D eigenvalue weighted by molar-refractivity contribution is -0.115. The number of aryl methyl sites for hydroxylation is 1. The Morgan fingerprint density at radius 2 is 1.94 bits per heavy atom.